The molecule has 0 aromatic rings. The Bertz CT molecular complexity index is 556. The van der Waals surface area contributed by atoms with Crippen LogP contribution in [0.15, 0.2) is 12.7 Å². The zero-order valence-electron chi connectivity index (χ0n) is 18.4. The quantitative estimate of drug-likeness (QED) is 0.459. The highest BCUT2D eigenvalue weighted by Crippen LogP contribution is 2.55. The fourth-order valence-electron chi connectivity index (χ4n) is 5.67. The van der Waals surface area contributed by atoms with Gasteiger partial charge < -0.3 is 13.9 Å². The molecule has 1 saturated carbocycles. The van der Waals surface area contributed by atoms with E-state index in [2.05, 4.69) is 45.9 Å². The van der Waals surface area contributed by atoms with Gasteiger partial charge in [-0.15, -0.1) is 0 Å². The van der Waals surface area contributed by atoms with Crippen LogP contribution in [0.25, 0.3) is 0 Å². The summed E-state index contributed by atoms with van der Waals surface area (Å²) in [5, 5.41) is 0. The van der Waals surface area contributed by atoms with Gasteiger partial charge in [0.2, 0.25) is 5.91 Å². The molecule has 0 bridgehead atoms. The number of nitrogens with zero attached hydrogens (tertiary/aromatic N) is 2. The fourth-order valence-corrected chi connectivity index (χ4v) is 7.57. The van der Waals surface area contributed by atoms with Crippen LogP contribution in [-0.4, -0.2) is 51.3 Å². The number of carbonyl (C=O) groups excluding carboxylic acids is 1. The Morgan fingerprint density at radius 1 is 1.07 bits per heavy atom. The molecule has 160 valence electrons. The zero-order chi connectivity index (χ0) is 20.5. The van der Waals surface area contributed by atoms with Gasteiger partial charge in [-0.2, -0.15) is 0 Å². The molecule has 2 atom stereocenters. The first kappa shape index (κ1) is 22.2. The van der Waals surface area contributed by atoms with Crippen LogP contribution >= 0.6 is 8.53 Å². The van der Waals surface area contributed by atoms with Crippen molar-refractivity contribution < 1.29 is 13.8 Å². The summed E-state index contributed by atoms with van der Waals surface area (Å²) in [6, 6.07) is 0.891. The molecule has 3 fully saturated rings. The molecule has 0 N–H and O–H groups in total. The highest BCUT2D eigenvalue weighted by Gasteiger charge is 2.51. The van der Waals surface area contributed by atoms with E-state index in [1.54, 1.807) is 0 Å². The van der Waals surface area contributed by atoms with Gasteiger partial charge >= 0.3 is 0 Å². The number of carbonyl (C=O) groups is 1. The van der Waals surface area contributed by atoms with Crippen molar-refractivity contribution in [3.63, 3.8) is 0 Å². The van der Waals surface area contributed by atoms with Gasteiger partial charge in [0.05, 0.1) is 12.7 Å². The van der Waals surface area contributed by atoms with Crippen molar-refractivity contribution in [2.45, 2.75) is 115 Å². The summed E-state index contributed by atoms with van der Waals surface area (Å²) in [6.45, 7) is 15.5. The van der Waals surface area contributed by atoms with Gasteiger partial charge in [0.1, 0.15) is 0 Å². The molecule has 2 unspecified atom stereocenters. The van der Waals surface area contributed by atoms with Gasteiger partial charge in [0.25, 0.3) is 8.53 Å². The Balaban J connectivity index is 1.89. The summed E-state index contributed by atoms with van der Waals surface area (Å²) in [7, 11) is -1.03. The first-order valence-corrected chi connectivity index (χ1v) is 12.1. The van der Waals surface area contributed by atoms with Crippen molar-refractivity contribution >= 4 is 14.4 Å². The molecule has 5 nitrogen and oxygen atoms in total. The Labute approximate surface area is 172 Å². The van der Waals surface area contributed by atoms with Crippen molar-refractivity contribution in [3.8, 4) is 0 Å². The Morgan fingerprint density at radius 2 is 1.68 bits per heavy atom. The number of hydrogen-bond acceptors (Lipinski definition) is 4. The normalized spacial score (nSPS) is 31.7. The van der Waals surface area contributed by atoms with Crippen LogP contribution in [0.5, 0.6) is 0 Å². The summed E-state index contributed by atoms with van der Waals surface area (Å²) in [6.07, 6.45) is 10.9. The molecule has 0 spiro atoms. The van der Waals surface area contributed by atoms with E-state index < -0.39 is 8.53 Å². The van der Waals surface area contributed by atoms with Gasteiger partial charge in [-0.1, -0.05) is 25.8 Å². The topological polar surface area (TPSA) is 42.0 Å². The minimum atomic E-state index is -1.03. The molecule has 28 heavy (non-hydrogen) atoms. The van der Waals surface area contributed by atoms with Crippen molar-refractivity contribution in [1.82, 2.24) is 9.57 Å². The molecule has 3 rings (SSSR count). The fraction of sp³-hybridized carbons (Fsp3) is 0.864. The maximum absolute atomic E-state index is 12.7. The molecule has 6 heteroatoms. The second-order valence-electron chi connectivity index (χ2n) is 10.0. The summed E-state index contributed by atoms with van der Waals surface area (Å²) in [5.74, 6) is 0.0298. The lowest BCUT2D eigenvalue weighted by atomic mass is 9.76. The third kappa shape index (κ3) is 4.64. The molecule has 3 aliphatic rings. The van der Waals surface area contributed by atoms with Crippen molar-refractivity contribution in [1.29, 1.82) is 0 Å². The summed E-state index contributed by atoms with van der Waals surface area (Å²) in [5.41, 5.74) is -0.470. The van der Waals surface area contributed by atoms with Crippen LogP contribution in [-0.2, 0) is 13.8 Å². The maximum Gasteiger partial charge on any atom is 0.259 e. The van der Waals surface area contributed by atoms with E-state index in [4.69, 9.17) is 9.05 Å². The van der Waals surface area contributed by atoms with E-state index in [1.165, 1.54) is 38.2 Å². The third-order valence-electron chi connectivity index (χ3n) is 6.58. The van der Waals surface area contributed by atoms with Gasteiger partial charge in [-0.25, -0.2) is 4.67 Å². The first-order chi connectivity index (χ1) is 13.2. The molecule has 2 heterocycles. The Hall–Kier alpha value is -0.480. The number of likely N-dealkylation sites (tertiary alicyclic amines) is 1. The highest BCUT2D eigenvalue weighted by atomic mass is 31.2. The van der Waals surface area contributed by atoms with Gasteiger partial charge in [0, 0.05) is 23.2 Å². The summed E-state index contributed by atoms with van der Waals surface area (Å²) in [4.78, 5) is 14.7. The monoisotopic (exact) mass is 410 g/mol. The number of piperidine rings is 1. The lowest BCUT2D eigenvalue weighted by molar-refractivity contribution is -0.146. The maximum atomic E-state index is 12.7. The minimum Gasteiger partial charge on any atom is -0.329 e. The summed E-state index contributed by atoms with van der Waals surface area (Å²) < 4.78 is 15.2. The van der Waals surface area contributed by atoms with Gasteiger partial charge in [0.15, 0.2) is 0 Å². The molecular formula is C22H39N2O3P. The molecular weight excluding hydrogens is 371 g/mol. The van der Waals surface area contributed by atoms with Gasteiger partial charge in [-0.05, 0) is 72.8 Å². The SMILES string of the molecule is C=CC(=O)N1C(C)(C)CC(N(C2CCCCC2)P2OCCC(C)O2)CC1(C)C. The summed E-state index contributed by atoms with van der Waals surface area (Å²) >= 11 is 0. The van der Waals surface area contributed by atoms with Crippen LogP contribution in [0.4, 0.5) is 0 Å². The predicted octanol–water partition coefficient (Wildman–Crippen LogP) is 5.41. The molecule has 1 aliphatic carbocycles. The lowest BCUT2D eigenvalue weighted by Gasteiger charge is -2.58. The van der Waals surface area contributed by atoms with Crippen LogP contribution in [0.3, 0.4) is 0 Å². The van der Waals surface area contributed by atoms with Crippen LogP contribution in [0, 0.1) is 0 Å². The zero-order valence-corrected chi connectivity index (χ0v) is 19.3. The lowest BCUT2D eigenvalue weighted by Crippen LogP contribution is -2.66. The second kappa shape index (κ2) is 8.71. The van der Waals surface area contributed by atoms with E-state index in [0.717, 1.165) is 25.9 Å². The number of amides is 1. The van der Waals surface area contributed by atoms with Crippen molar-refractivity contribution in [3.05, 3.63) is 12.7 Å². The molecule has 2 saturated heterocycles. The average molecular weight is 411 g/mol. The van der Waals surface area contributed by atoms with Crippen LogP contribution in [0.2, 0.25) is 0 Å². The van der Waals surface area contributed by atoms with E-state index >= 15 is 0 Å². The van der Waals surface area contributed by atoms with Crippen molar-refractivity contribution in [2.24, 2.45) is 0 Å². The molecule has 0 radical (unpaired) electrons. The Morgan fingerprint density at radius 3 is 2.21 bits per heavy atom. The molecule has 1 amide bonds. The predicted molar refractivity (Wildman–Crippen MR) is 115 cm³/mol. The average Bonchev–Trinajstić information content (AvgIpc) is 2.60. The Kier molecular flexibility index (Phi) is 6.91. The van der Waals surface area contributed by atoms with E-state index in [0.29, 0.717) is 12.1 Å². The van der Waals surface area contributed by atoms with E-state index in [-0.39, 0.29) is 23.1 Å². The second-order valence-corrected chi connectivity index (χ2v) is 11.4. The number of rotatable bonds is 4. The molecule has 0 aromatic carbocycles. The molecule has 0 aromatic heterocycles. The van der Waals surface area contributed by atoms with Gasteiger partial charge in [-0.3, -0.25) is 4.79 Å². The standard InChI is InChI=1S/C22H39N2O3P/c1-7-20(25)24-21(3,4)15-19(16-22(24,5)6)23(18-11-9-8-10-12-18)28-26-14-13-17(2)27-28/h7,17-19H,1,8-16H2,2-6H3. The van der Waals surface area contributed by atoms with Crippen molar-refractivity contribution in [2.75, 3.05) is 6.61 Å². The number of hydrogen-bond donors (Lipinski definition) is 0. The largest absolute Gasteiger partial charge is 0.329 e. The van der Waals surface area contributed by atoms with E-state index in [1.807, 2.05) is 4.90 Å². The van der Waals surface area contributed by atoms with E-state index in [9.17, 15) is 4.79 Å². The third-order valence-corrected chi connectivity index (χ3v) is 8.56. The van der Waals surface area contributed by atoms with Crippen LogP contribution in [0.1, 0.15) is 86.0 Å². The van der Waals surface area contributed by atoms with Crippen LogP contribution < -0.4 is 0 Å². The first-order valence-electron chi connectivity index (χ1n) is 11.0. The smallest absolute Gasteiger partial charge is 0.259 e. The molecule has 2 aliphatic heterocycles. The minimum absolute atomic E-state index is 0.0298. The highest BCUT2D eigenvalue weighted by molar-refractivity contribution is 7.44.